The average molecular weight is 269 g/mol. The van der Waals surface area contributed by atoms with E-state index in [0.717, 1.165) is 10.2 Å². The number of halogens is 1. The molecule has 0 atom stereocenters. The molecule has 15 heavy (non-hydrogen) atoms. The third kappa shape index (κ3) is 2.73. The maximum atomic E-state index is 5.46. The normalized spacial score (nSPS) is 10.2. The highest BCUT2D eigenvalue weighted by atomic mass is 79.9. The summed E-state index contributed by atoms with van der Waals surface area (Å²) >= 11 is 3.35. The van der Waals surface area contributed by atoms with Gasteiger partial charge < -0.3 is 15.0 Å². The second-order valence-corrected chi connectivity index (χ2v) is 3.88. The summed E-state index contributed by atoms with van der Waals surface area (Å²) in [7, 11) is 0. The number of nitrogens with two attached hydrogens (primary N) is 1. The van der Waals surface area contributed by atoms with Gasteiger partial charge in [0, 0.05) is 10.5 Å². The molecular weight excluding hydrogens is 260 g/mol. The molecule has 0 saturated heterocycles. The van der Waals surface area contributed by atoms with E-state index in [0.29, 0.717) is 18.2 Å². The number of nitrogens with zero attached hydrogens (tertiary/aromatic N) is 1. The Kier molecular flexibility index (Phi) is 2.91. The number of aromatic nitrogens is 1. The topological polar surface area (TPSA) is 61.3 Å². The molecular formula is C10H9BrN2O2. The third-order valence-electron chi connectivity index (χ3n) is 1.78. The summed E-state index contributed by atoms with van der Waals surface area (Å²) in [5, 5.41) is 3.71. The predicted octanol–water partition coefficient (Wildman–Crippen LogP) is 2.60. The molecule has 2 aromatic rings. The van der Waals surface area contributed by atoms with Crippen LogP contribution in [-0.4, -0.2) is 5.16 Å². The zero-order valence-corrected chi connectivity index (χ0v) is 9.40. The average Bonchev–Trinajstić information content (AvgIpc) is 2.64. The maximum absolute atomic E-state index is 5.46. The van der Waals surface area contributed by atoms with Gasteiger partial charge >= 0.3 is 0 Å². The van der Waals surface area contributed by atoms with Crippen molar-refractivity contribution in [3.05, 3.63) is 40.5 Å². The zero-order valence-electron chi connectivity index (χ0n) is 7.81. The molecule has 0 fully saturated rings. The molecule has 0 aliphatic carbocycles. The maximum Gasteiger partial charge on any atom is 0.222 e. The van der Waals surface area contributed by atoms with Gasteiger partial charge in [0.25, 0.3) is 0 Å². The van der Waals surface area contributed by atoms with Gasteiger partial charge in [-0.25, -0.2) is 0 Å². The second kappa shape index (κ2) is 4.35. The summed E-state index contributed by atoms with van der Waals surface area (Å²) in [6, 6.07) is 9.19. The van der Waals surface area contributed by atoms with E-state index in [1.165, 1.54) is 0 Å². The van der Waals surface area contributed by atoms with Crippen molar-refractivity contribution in [1.82, 2.24) is 5.16 Å². The minimum absolute atomic E-state index is 0.296. The summed E-state index contributed by atoms with van der Waals surface area (Å²) in [6.45, 7) is 0.350. The molecule has 2 rings (SSSR count). The van der Waals surface area contributed by atoms with E-state index in [4.69, 9.17) is 15.0 Å². The number of nitrogen functional groups attached to an aromatic ring is 1. The van der Waals surface area contributed by atoms with E-state index >= 15 is 0 Å². The lowest BCUT2D eigenvalue weighted by Gasteiger charge is -2.02. The van der Waals surface area contributed by atoms with Gasteiger partial charge in [-0.3, -0.25) is 0 Å². The van der Waals surface area contributed by atoms with Crippen LogP contribution in [0.25, 0.3) is 0 Å². The summed E-state index contributed by atoms with van der Waals surface area (Å²) in [6.07, 6.45) is 0. The van der Waals surface area contributed by atoms with Crippen LogP contribution in [0.15, 0.2) is 39.3 Å². The van der Waals surface area contributed by atoms with Crippen molar-refractivity contribution in [2.24, 2.45) is 0 Å². The van der Waals surface area contributed by atoms with Crippen molar-refractivity contribution >= 4 is 21.8 Å². The van der Waals surface area contributed by atoms with Crippen molar-refractivity contribution in [2.75, 3.05) is 5.73 Å². The van der Waals surface area contributed by atoms with Crippen LogP contribution in [0.3, 0.4) is 0 Å². The van der Waals surface area contributed by atoms with Crippen LogP contribution in [0.4, 0.5) is 5.88 Å². The Balaban J connectivity index is 1.96. The summed E-state index contributed by atoms with van der Waals surface area (Å²) < 4.78 is 11.2. The van der Waals surface area contributed by atoms with Gasteiger partial charge in [0.2, 0.25) is 5.88 Å². The van der Waals surface area contributed by atoms with E-state index in [9.17, 15) is 0 Å². The number of hydrogen-bond acceptors (Lipinski definition) is 4. The number of benzene rings is 1. The standard InChI is InChI=1S/C10H9BrN2O2/c11-7-1-3-9(4-2-7)14-6-8-5-10(12)15-13-8/h1-5H,6,12H2. The molecule has 0 radical (unpaired) electrons. The Hall–Kier alpha value is -1.49. The number of anilines is 1. The van der Waals surface area contributed by atoms with Crippen LogP contribution in [0, 0.1) is 0 Å². The molecule has 1 aromatic heterocycles. The quantitative estimate of drug-likeness (QED) is 0.930. The summed E-state index contributed by atoms with van der Waals surface area (Å²) in [4.78, 5) is 0. The van der Waals surface area contributed by atoms with Gasteiger partial charge in [-0.15, -0.1) is 0 Å². The number of hydrogen-bond donors (Lipinski definition) is 1. The Morgan fingerprint density at radius 1 is 1.33 bits per heavy atom. The highest BCUT2D eigenvalue weighted by Crippen LogP contribution is 2.17. The van der Waals surface area contributed by atoms with Crippen LogP contribution in [0.5, 0.6) is 5.75 Å². The van der Waals surface area contributed by atoms with E-state index in [1.54, 1.807) is 6.07 Å². The fraction of sp³-hybridized carbons (Fsp3) is 0.100. The molecule has 78 valence electrons. The number of ether oxygens (including phenoxy) is 1. The Morgan fingerprint density at radius 3 is 2.67 bits per heavy atom. The van der Waals surface area contributed by atoms with Crippen molar-refractivity contribution in [2.45, 2.75) is 6.61 Å². The lowest BCUT2D eigenvalue weighted by Crippen LogP contribution is -1.94. The number of rotatable bonds is 3. The van der Waals surface area contributed by atoms with Gasteiger partial charge in [-0.1, -0.05) is 21.1 Å². The fourth-order valence-corrected chi connectivity index (χ4v) is 1.35. The zero-order chi connectivity index (χ0) is 10.7. The lowest BCUT2D eigenvalue weighted by atomic mass is 10.3. The molecule has 1 aromatic carbocycles. The Bertz CT molecular complexity index is 439. The minimum atomic E-state index is 0.296. The van der Waals surface area contributed by atoms with E-state index in [1.807, 2.05) is 24.3 Å². The molecule has 0 unspecified atom stereocenters. The van der Waals surface area contributed by atoms with Crippen LogP contribution < -0.4 is 10.5 Å². The first-order valence-electron chi connectivity index (χ1n) is 4.33. The third-order valence-corrected chi connectivity index (χ3v) is 2.31. The highest BCUT2D eigenvalue weighted by Gasteiger charge is 2.01. The van der Waals surface area contributed by atoms with E-state index in [-0.39, 0.29) is 0 Å². The SMILES string of the molecule is Nc1cc(COc2ccc(Br)cc2)no1. The molecule has 2 N–H and O–H groups in total. The van der Waals surface area contributed by atoms with Gasteiger partial charge in [0.1, 0.15) is 18.1 Å². The Labute approximate surface area is 95.1 Å². The molecule has 0 bridgehead atoms. The van der Waals surface area contributed by atoms with Gasteiger partial charge in [-0.2, -0.15) is 0 Å². The summed E-state index contributed by atoms with van der Waals surface area (Å²) in [5.74, 6) is 1.07. The molecule has 1 heterocycles. The molecule has 4 nitrogen and oxygen atoms in total. The van der Waals surface area contributed by atoms with Crippen LogP contribution in [-0.2, 0) is 6.61 Å². The molecule has 0 aliphatic rings. The van der Waals surface area contributed by atoms with E-state index < -0.39 is 0 Å². The van der Waals surface area contributed by atoms with Gasteiger partial charge in [0.15, 0.2) is 0 Å². The van der Waals surface area contributed by atoms with Crippen molar-refractivity contribution < 1.29 is 9.26 Å². The molecule has 0 aliphatic heterocycles. The molecule has 0 amide bonds. The smallest absolute Gasteiger partial charge is 0.222 e. The first kappa shape index (κ1) is 10.0. The predicted molar refractivity (Wildman–Crippen MR) is 59.4 cm³/mol. The minimum Gasteiger partial charge on any atom is -0.487 e. The van der Waals surface area contributed by atoms with Crippen molar-refractivity contribution in [1.29, 1.82) is 0 Å². The van der Waals surface area contributed by atoms with Gasteiger partial charge in [-0.05, 0) is 24.3 Å². The van der Waals surface area contributed by atoms with Crippen LogP contribution in [0.2, 0.25) is 0 Å². The first-order chi connectivity index (χ1) is 7.24. The molecule has 5 heteroatoms. The lowest BCUT2D eigenvalue weighted by molar-refractivity contribution is 0.290. The largest absolute Gasteiger partial charge is 0.487 e. The van der Waals surface area contributed by atoms with Crippen LogP contribution in [0.1, 0.15) is 5.69 Å². The van der Waals surface area contributed by atoms with Crippen LogP contribution >= 0.6 is 15.9 Å². The fourth-order valence-electron chi connectivity index (χ4n) is 1.08. The first-order valence-corrected chi connectivity index (χ1v) is 5.13. The van der Waals surface area contributed by atoms with Gasteiger partial charge in [0.05, 0.1) is 0 Å². The highest BCUT2D eigenvalue weighted by molar-refractivity contribution is 9.10. The summed E-state index contributed by atoms with van der Waals surface area (Å²) in [5.41, 5.74) is 6.05. The monoisotopic (exact) mass is 268 g/mol. The van der Waals surface area contributed by atoms with Crippen molar-refractivity contribution in [3.8, 4) is 5.75 Å². The molecule has 0 spiro atoms. The van der Waals surface area contributed by atoms with Crippen molar-refractivity contribution in [3.63, 3.8) is 0 Å². The molecule has 0 saturated carbocycles. The Morgan fingerprint density at radius 2 is 2.07 bits per heavy atom. The second-order valence-electron chi connectivity index (χ2n) is 2.96. The van der Waals surface area contributed by atoms with E-state index in [2.05, 4.69) is 21.1 Å².